The first-order chi connectivity index (χ1) is 17.5. The molecule has 0 nitrogen and oxygen atoms in total. The summed E-state index contributed by atoms with van der Waals surface area (Å²) in [6.07, 6.45) is 9.25. The molecule has 6 rings (SSSR count). The van der Waals surface area contributed by atoms with Crippen molar-refractivity contribution in [3.8, 4) is 33.4 Å². The Morgan fingerprint density at radius 2 is 1.32 bits per heavy atom. The molecule has 192 valence electrons. The van der Waals surface area contributed by atoms with E-state index in [0.29, 0.717) is 0 Å². The number of fused-ring (bicyclic) bond motifs is 3. The quantitative estimate of drug-likeness (QED) is 0.189. The summed E-state index contributed by atoms with van der Waals surface area (Å²) in [6.45, 7) is 9.46. The van der Waals surface area contributed by atoms with Gasteiger partial charge >= 0.3 is 224 Å². The number of rotatable bonds is 4. The molecule has 38 heavy (non-hydrogen) atoms. The van der Waals surface area contributed by atoms with Gasteiger partial charge in [-0.15, -0.1) is 24.8 Å². The van der Waals surface area contributed by atoms with Gasteiger partial charge in [0.2, 0.25) is 0 Å². The molecule has 0 aliphatic heterocycles. The van der Waals surface area contributed by atoms with E-state index >= 15 is 0 Å². The molecule has 0 atom stereocenters. The fourth-order valence-corrected chi connectivity index (χ4v) is 13.7. The normalized spacial score (nSPS) is 12.7. The van der Waals surface area contributed by atoms with Gasteiger partial charge < -0.3 is 0 Å². The van der Waals surface area contributed by atoms with Crippen LogP contribution in [0.25, 0.3) is 33.4 Å². The Bertz CT molecular complexity index is 1590. The third kappa shape index (κ3) is 5.02. The van der Waals surface area contributed by atoms with Gasteiger partial charge in [-0.05, 0) is 0 Å². The summed E-state index contributed by atoms with van der Waals surface area (Å²) in [5.41, 5.74) is 14.3. The Morgan fingerprint density at radius 1 is 0.711 bits per heavy atom. The first kappa shape index (κ1) is 28.7. The van der Waals surface area contributed by atoms with Gasteiger partial charge in [-0.3, -0.25) is 0 Å². The van der Waals surface area contributed by atoms with E-state index in [0.717, 1.165) is 12.8 Å². The topological polar surface area (TPSA) is 0 Å². The Hall–Kier alpha value is -2.31. The third-order valence-electron chi connectivity index (χ3n) is 7.81. The van der Waals surface area contributed by atoms with Crippen LogP contribution in [0.4, 0.5) is 0 Å². The summed E-state index contributed by atoms with van der Waals surface area (Å²) in [7, 11) is 0. The van der Waals surface area contributed by atoms with Gasteiger partial charge in [-0.1, -0.05) is 0 Å². The molecule has 0 spiro atoms. The van der Waals surface area contributed by atoms with Crippen molar-refractivity contribution < 1.29 is 21.3 Å². The van der Waals surface area contributed by atoms with E-state index in [2.05, 4.69) is 125 Å². The van der Waals surface area contributed by atoms with Gasteiger partial charge in [0.05, 0.1) is 0 Å². The second kappa shape index (κ2) is 11.8. The molecule has 0 aromatic heterocycles. The predicted molar refractivity (Wildman–Crippen MR) is 167 cm³/mol. The largest absolute Gasteiger partial charge is 0.147 e. The maximum absolute atomic E-state index is 2.51. The Labute approximate surface area is 247 Å². The van der Waals surface area contributed by atoms with Crippen molar-refractivity contribution in [3.05, 3.63) is 123 Å². The van der Waals surface area contributed by atoms with Gasteiger partial charge in [0, 0.05) is 0 Å². The van der Waals surface area contributed by atoms with Crippen LogP contribution < -0.4 is 3.27 Å². The molecule has 0 fully saturated rings. The fraction of sp³-hybridized carbons (Fsp3) is 0.171. The number of hydrogen-bond donors (Lipinski definition) is 0. The standard InChI is InChI=1S/C27H21.C5H5.C3H6.2ClH.Zr/c1-18-13-22-15-23-14-19(2)25(21-11-7-4-8-12-21)17-27(23)26(22)16-24(18)20-9-5-3-6-10-20;1-2-4-5-3-1;1-3-2;;;/h3-13,16-17H,15H2,1-2H3;1-3H,4H2;1-2H3;2*1H;. The molecule has 2 aliphatic carbocycles. The third-order valence-corrected chi connectivity index (χ3v) is 15.7. The predicted octanol–water partition coefficient (Wildman–Crippen LogP) is 9.35. The number of allylic oxidation sites excluding steroid dienone is 4. The van der Waals surface area contributed by atoms with Crippen LogP contribution in [0, 0.1) is 13.8 Å². The molecule has 4 aromatic carbocycles. The number of benzene rings is 4. The molecule has 0 radical (unpaired) electrons. The maximum atomic E-state index is 2.51. The monoisotopic (exact) mass is 614 g/mol. The van der Waals surface area contributed by atoms with Crippen LogP contribution in [0.5, 0.6) is 0 Å². The smallest absolute Gasteiger partial charge is 0.147 e. The fourth-order valence-electron chi connectivity index (χ4n) is 6.16. The molecule has 4 aromatic rings. The summed E-state index contributed by atoms with van der Waals surface area (Å²) in [4.78, 5) is 0. The molecule has 3 heteroatoms. The van der Waals surface area contributed by atoms with Crippen LogP contribution in [0.15, 0.2) is 100 Å². The van der Waals surface area contributed by atoms with Crippen LogP contribution >= 0.6 is 24.8 Å². The number of halogens is 2. The number of aryl methyl sites for hydroxylation is 1. The van der Waals surface area contributed by atoms with E-state index in [4.69, 9.17) is 0 Å². The van der Waals surface area contributed by atoms with E-state index < -0.39 is 21.3 Å². The van der Waals surface area contributed by atoms with Gasteiger partial charge in [0.15, 0.2) is 0 Å². The summed E-state index contributed by atoms with van der Waals surface area (Å²) in [5.74, 6) is 0. The molecular weight excluding hydrogens is 583 g/mol. The minimum Gasteiger partial charge on any atom is -0.147 e. The number of hydrogen-bond acceptors (Lipinski definition) is 0. The summed E-state index contributed by atoms with van der Waals surface area (Å²) < 4.78 is 5.10. The zero-order valence-electron chi connectivity index (χ0n) is 22.5. The van der Waals surface area contributed by atoms with E-state index in [1.165, 1.54) is 50.1 Å². The second-order valence-corrected chi connectivity index (χ2v) is 17.5. The Balaban J connectivity index is 0.00000168. The average molecular weight is 617 g/mol. The minimum atomic E-state index is -2.20. The summed E-state index contributed by atoms with van der Waals surface area (Å²) in [6, 6.07) is 29.3. The SMILES string of the molecule is C[C](C)=[Zr]([C]1=CC=CC1)[c]1c(C)c(-c2ccccc2)cc2c1Cc1cc(C)c(-c3ccccc3)cc1-2.Cl.Cl. The van der Waals surface area contributed by atoms with Crippen molar-refractivity contribution in [2.45, 2.75) is 40.5 Å². The second-order valence-electron chi connectivity index (χ2n) is 10.4. The molecule has 0 amide bonds. The van der Waals surface area contributed by atoms with Crippen molar-refractivity contribution in [2.24, 2.45) is 0 Å². The molecule has 0 unspecified atom stereocenters. The van der Waals surface area contributed by atoms with Crippen LogP contribution in [0.2, 0.25) is 0 Å². The first-order valence-corrected chi connectivity index (χ1v) is 16.7. The molecule has 0 heterocycles. The molecule has 0 saturated heterocycles. The van der Waals surface area contributed by atoms with Crippen molar-refractivity contribution in [2.75, 3.05) is 0 Å². The zero-order chi connectivity index (χ0) is 24.8. The summed E-state index contributed by atoms with van der Waals surface area (Å²) >= 11 is -2.20. The minimum absolute atomic E-state index is 0. The van der Waals surface area contributed by atoms with Gasteiger partial charge in [0.25, 0.3) is 0 Å². The molecule has 0 bridgehead atoms. The Kier molecular flexibility index (Phi) is 8.94. The van der Waals surface area contributed by atoms with Crippen molar-refractivity contribution in [1.29, 1.82) is 0 Å². The average Bonchev–Trinajstić information content (AvgIpc) is 3.53. The summed E-state index contributed by atoms with van der Waals surface area (Å²) in [5, 5.41) is 0. The molecule has 0 saturated carbocycles. The molecular formula is C35H34Cl2Zr. The van der Waals surface area contributed by atoms with E-state index in [9.17, 15) is 0 Å². The van der Waals surface area contributed by atoms with E-state index in [1.54, 1.807) is 15.3 Å². The van der Waals surface area contributed by atoms with Gasteiger partial charge in [0.1, 0.15) is 0 Å². The van der Waals surface area contributed by atoms with Crippen LogP contribution in [0.3, 0.4) is 0 Å². The van der Waals surface area contributed by atoms with Crippen molar-refractivity contribution >= 4 is 31.3 Å². The Morgan fingerprint density at radius 3 is 1.89 bits per heavy atom. The van der Waals surface area contributed by atoms with Gasteiger partial charge in [-0.25, -0.2) is 0 Å². The first-order valence-electron chi connectivity index (χ1n) is 13.0. The van der Waals surface area contributed by atoms with Crippen LogP contribution in [0.1, 0.15) is 42.5 Å². The zero-order valence-corrected chi connectivity index (χ0v) is 26.6. The van der Waals surface area contributed by atoms with E-state index in [-0.39, 0.29) is 24.8 Å². The van der Waals surface area contributed by atoms with Crippen molar-refractivity contribution in [3.63, 3.8) is 0 Å². The van der Waals surface area contributed by atoms with Gasteiger partial charge in [-0.2, -0.15) is 0 Å². The van der Waals surface area contributed by atoms with Crippen LogP contribution in [-0.4, -0.2) is 3.21 Å². The molecule has 0 N–H and O–H groups in total. The van der Waals surface area contributed by atoms with Crippen LogP contribution in [-0.2, 0) is 27.7 Å². The van der Waals surface area contributed by atoms with Crippen molar-refractivity contribution in [1.82, 2.24) is 0 Å². The van der Waals surface area contributed by atoms with E-state index in [1.807, 2.05) is 0 Å². The molecule has 2 aliphatic rings. The maximum Gasteiger partial charge on any atom is -0.147 e.